The van der Waals surface area contributed by atoms with E-state index in [1.54, 1.807) is 6.92 Å². The lowest BCUT2D eigenvalue weighted by Gasteiger charge is -2.10. The van der Waals surface area contributed by atoms with E-state index in [-0.39, 0.29) is 12.2 Å². The lowest BCUT2D eigenvalue weighted by Crippen LogP contribution is -2.18. The van der Waals surface area contributed by atoms with Gasteiger partial charge in [0.25, 0.3) is 5.56 Å². The van der Waals surface area contributed by atoms with E-state index in [0.29, 0.717) is 23.5 Å². The highest BCUT2D eigenvalue weighted by atomic mass is 16.3. The number of benzene rings is 1. The molecule has 2 N–H and O–H groups in total. The molecule has 0 amide bonds. The molecule has 1 heterocycles. The summed E-state index contributed by atoms with van der Waals surface area (Å²) >= 11 is 0. The molecule has 0 bridgehead atoms. The van der Waals surface area contributed by atoms with Crippen LogP contribution in [0.2, 0.25) is 0 Å². The Labute approximate surface area is 112 Å². The zero-order chi connectivity index (χ0) is 14.0. The van der Waals surface area contributed by atoms with Gasteiger partial charge in [0.1, 0.15) is 5.82 Å². The largest absolute Gasteiger partial charge is 0.396 e. The summed E-state index contributed by atoms with van der Waals surface area (Å²) in [6, 6.07) is 5.93. The Hall–Kier alpha value is -1.94. The van der Waals surface area contributed by atoms with E-state index in [0.717, 1.165) is 16.7 Å². The van der Waals surface area contributed by atoms with Gasteiger partial charge in [-0.2, -0.15) is 0 Å². The summed E-state index contributed by atoms with van der Waals surface area (Å²) in [5.74, 6) is 0.588. The molecule has 0 aliphatic carbocycles. The standard InChI is InChI=1S/C15H18N2O2/c1-9-5-4-6-12(10(9)2)14-16-11(3)13(7-8-18)15(19)17-14/h4-6,18H,7-8H2,1-3H3,(H,16,17,19). The molecule has 2 aromatic rings. The molecular weight excluding hydrogens is 240 g/mol. The second kappa shape index (κ2) is 5.36. The SMILES string of the molecule is Cc1cccc(-c2nc(C)c(CCO)c(=O)[nH]2)c1C. The highest BCUT2D eigenvalue weighted by Crippen LogP contribution is 2.22. The van der Waals surface area contributed by atoms with Gasteiger partial charge in [-0.25, -0.2) is 4.98 Å². The predicted octanol–water partition coefficient (Wildman–Crippen LogP) is 1.90. The fraction of sp³-hybridized carbons (Fsp3) is 0.333. The molecule has 4 nitrogen and oxygen atoms in total. The Morgan fingerprint density at radius 2 is 2.00 bits per heavy atom. The first-order valence-electron chi connectivity index (χ1n) is 6.32. The van der Waals surface area contributed by atoms with Crippen LogP contribution in [0.3, 0.4) is 0 Å². The van der Waals surface area contributed by atoms with E-state index in [2.05, 4.69) is 9.97 Å². The van der Waals surface area contributed by atoms with Crippen LogP contribution in [0.15, 0.2) is 23.0 Å². The third-order valence-electron chi connectivity index (χ3n) is 3.44. The quantitative estimate of drug-likeness (QED) is 0.883. The van der Waals surface area contributed by atoms with Crippen molar-refractivity contribution in [2.24, 2.45) is 0 Å². The second-order valence-corrected chi connectivity index (χ2v) is 4.70. The number of aromatic nitrogens is 2. The first-order chi connectivity index (χ1) is 9.04. The topological polar surface area (TPSA) is 66.0 Å². The van der Waals surface area contributed by atoms with Gasteiger partial charge in [-0.05, 0) is 31.9 Å². The maximum absolute atomic E-state index is 12.0. The Balaban J connectivity index is 2.59. The van der Waals surface area contributed by atoms with E-state index in [4.69, 9.17) is 5.11 Å². The van der Waals surface area contributed by atoms with Gasteiger partial charge in [-0.1, -0.05) is 18.2 Å². The van der Waals surface area contributed by atoms with Crippen molar-refractivity contribution in [1.82, 2.24) is 9.97 Å². The molecule has 0 aliphatic heterocycles. The maximum atomic E-state index is 12.0. The monoisotopic (exact) mass is 258 g/mol. The normalized spacial score (nSPS) is 10.7. The molecule has 0 aliphatic rings. The molecule has 4 heteroatoms. The van der Waals surface area contributed by atoms with E-state index in [1.807, 2.05) is 32.0 Å². The molecule has 100 valence electrons. The van der Waals surface area contributed by atoms with Gasteiger partial charge in [0, 0.05) is 29.8 Å². The first-order valence-corrected chi connectivity index (χ1v) is 6.32. The van der Waals surface area contributed by atoms with Gasteiger partial charge in [-0.3, -0.25) is 4.79 Å². The van der Waals surface area contributed by atoms with Crippen molar-refractivity contribution in [3.63, 3.8) is 0 Å². The van der Waals surface area contributed by atoms with Crippen LogP contribution in [-0.4, -0.2) is 21.7 Å². The third kappa shape index (κ3) is 2.58. The summed E-state index contributed by atoms with van der Waals surface area (Å²) < 4.78 is 0. The van der Waals surface area contributed by atoms with Crippen LogP contribution >= 0.6 is 0 Å². The molecule has 0 radical (unpaired) electrons. The van der Waals surface area contributed by atoms with Gasteiger partial charge < -0.3 is 10.1 Å². The van der Waals surface area contributed by atoms with Crippen LogP contribution in [0.4, 0.5) is 0 Å². The number of H-pyrrole nitrogens is 1. The Morgan fingerprint density at radius 3 is 2.63 bits per heavy atom. The summed E-state index contributed by atoms with van der Waals surface area (Å²) in [6.45, 7) is 5.80. The Kier molecular flexibility index (Phi) is 3.81. The maximum Gasteiger partial charge on any atom is 0.254 e. The molecule has 1 aromatic heterocycles. The van der Waals surface area contributed by atoms with Crippen LogP contribution in [0.25, 0.3) is 11.4 Å². The molecule has 0 fully saturated rings. The fourth-order valence-electron chi connectivity index (χ4n) is 2.15. The molecule has 2 rings (SSSR count). The van der Waals surface area contributed by atoms with Crippen molar-refractivity contribution in [2.45, 2.75) is 27.2 Å². The number of hydrogen-bond donors (Lipinski definition) is 2. The van der Waals surface area contributed by atoms with Crippen LogP contribution < -0.4 is 5.56 Å². The van der Waals surface area contributed by atoms with Crippen LogP contribution in [0.5, 0.6) is 0 Å². The fourth-order valence-corrected chi connectivity index (χ4v) is 2.15. The third-order valence-corrected chi connectivity index (χ3v) is 3.44. The highest BCUT2D eigenvalue weighted by molar-refractivity contribution is 5.61. The van der Waals surface area contributed by atoms with E-state index >= 15 is 0 Å². The zero-order valence-electron chi connectivity index (χ0n) is 11.4. The summed E-state index contributed by atoms with van der Waals surface area (Å²) in [6.07, 6.45) is 0.335. The smallest absolute Gasteiger partial charge is 0.254 e. The van der Waals surface area contributed by atoms with Crippen LogP contribution in [0.1, 0.15) is 22.4 Å². The van der Waals surface area contributed by atoms with Crippen molar-refractivity contribution in [2.75, 3.05) is 6.61 Å². The van der Waals surface area contributed by atoms with Crippen molar-refractivity contribution in [3.05, 3.63) is 50.9 Å². The molecule has 0 saturated heterocycles. The molecule has 0 unspecified atom stereocenters. The number of rotatable bonds is 3. The molecule has 0 spiro atoms. The minimum absolute atomic E-state index is 0.0472. The van der Waals surface area contributed by atoms with Gasteiger partial charge in [0.05, 0.1) is 0 Å². The molecule has 0 saturated carbocycles. The van der Waals surface area contributed by atoms with Crippen molar-refractivity contribution in [1.29, 1.82) is 0 Å². The molecule has 19 heavy (non-hydrogen) atoms. The van der Waals surface area contributed by atoms with E-state index in [1.165, 1.54) is 0 Å². The van der Waals surface area contributed by atoms with E-state index in [9.17, 15) is 4.79 Å². The average molecular weight is 258 g/mol. The predicted molar refractivity (Wildman–Crippen MR) is 75.3 cm³/mol. The minimum Gasteiger partial charge on any atom is -0.396 e. The number of aryl methyl sites for hydroxylation is 2. The van der Waals surface area contributed by atoms with Gasteiger partial charge in [-0.15, -0.1) is 0 Å². The summed E-state index contributed by atoms with van der Waals surface area (Å²) in [4.78, 5) is 19.3. The highest BCUT2D eigenvalue weighted by Gasteiger charge is 2.11. The number of aliphatic hydroxyl groups excluding tert-OH is 1. The van der Waals surface area contributed by atoms with Gasteiger partial charge in [0.15, 0.2) is 0 Å². The van der Waals surface area contributed by atoms with Gasteiger partial charge >= 0.3 is 0 Å². The molecule has 0 atom stereocenters. The van der Waals surface area contributed by atoms with Crippen molar-refractivity contribution in [3.8, 4) is 11.4 Å². The average Bonchev–Trinajstić information content (AvgIpc) is 2.37. The molecule has 1 aromatic carbocycles. The number of aromatic amines is 1. The minimum atomic E-state index is -0.169. The lowest BCUT2D eigenvalue weighted by molar-refractivity contribution is 0.298. The Bertz CT molecular complexity index is 660. The van der Waals surface area contributed by atoms with E-state index < -0.39 is 0 Å². The number of nitrogens with zero attached hydrogens (tertiary/aromatic N) is 1. The summed E-state index contributed by atoms with van der Waals surface area (Å²) in [7, 11) is 0. The first kappa shape index (κ1) is 13.5. The number of hydrogen-bond acceptors (Lipinski definition) is 3. The van der Waals surface area contributed by atoms with Crippen molar-refractivity contribution >= 4 is 0 Å². The summed E-state index contributed by atoms with van der Waals surface area (Å²) in [5, 5.41) is 8.95. The van der Waals surface area contributed by atoms with Gasteiger partial charge in [0.2, 0.25) is 0 Å². The number of nitrogens with one attached hydrogen (secondary N) is 1. The summed E-state index contributed by atoms with van der Waals surface area (Å²) in [5.41, 5.74) is 4.27. The zero-order valence-corrected chi connectivity index (χ0v) is 11.4. The van der Waals surface area contributed by atoms with Crippen LogP contribution in [0, 0.1) is 20.8 Å². The number of aliphatic hydroxyl groups is 1. The van der Waals surface area contributed by atoms with Crippen LogP contribution in [-0.2, 0) is 6.42 Å². The Morgan fingerprint density at radius 1 is 1.26 bits per heavy atom. The van der Waals surface area contributed by atoms with Crippen molar-refractivity contribution < 1.29 is 5.11 Å². The molecular formula is C15H18N2O2. The lowest BCUT2D eigenvalue weighted by atomic mass is 10.0. The second-order valence-electron chi connectivity index (χ2n) is 4.70.